The van der Waals surface area contributed by atoms with Crippen molar-refractivity contribution in [2.24, 2.45) is 0 Å². The van der Waals surface area contributed by atoms with Crippen molar-refractivity contribution in [2.45, 2.75) is 68.2 Å². The number of unbranched alkanes of at least 4 members (excludes halogenated alkanes) is 1. The highest BCUT2D eigenvalue weighted by Crippen LogP contribution is 2.12. The van der Waals surface area contributed by atoms with E-state index in [1.54, 1.807) is 0 Å². The number of hydrogen-bond donors (Lipinski definition) is 0. The minimum atomic E-state index is 1.08. The zero-order valence-electron chi connectivity index (χ0n) is 22.1. The van der Waals surface area contributed by atoms with E-state index in [9.17, 15) is 0 Å². The van der Waals surface area contributed by atoms with Gasteiger partial charge in [0.1, 0.15) is 0 Å². The molecule has 0 N–H and O–H groups in total. The largest absolute Gasteiger partial charge is 0.106 e. The van der Waals surface area contributed by atoms with Gasteiger partial charge in [-0.15, -0.1) is 13.2 Å². The summed E-state index contributed by atoms with van der Waals surface area (Å²) in [6.45, 7) is 26.6. The van der Waals surface area contributed by atoms with Gasteiger partial charge in [-0.05, 0) is 33.3 Å². The fraction of sp³-hybridized carbons (Fsp3) is 0.312. The van der Waals surface area contributed by atoms with Gasteiger partial charge in [-0.1, -0.05) is 154 Å². The van der Waals surface area contributed by atoms with Gasteiger partial charge in [0, 0.05) is 0 Å². The Labute approximate surface area is 200 Å². The highest BCUT2D eigenvalue weighted by atomic mass is 14.0. The summed E-state index contributed by atoms with van der Waals surface area (Å²) < 4.78 is 0. The fourth-order valence-electron chi connectivity index (χ4n) is 1.93. The smallest absolute Gasteiger partial charge is 0.0231 e. The first-order chi connectivity index (χ1) is 15.4. The highest BCUT2D eigenvalue weighted by molar-refractivity contribution is 5.43. The Balaban J connectivity index is -0.000000437. The Morgan fingerprint density at radius 3 is 1.44 bits per heavy atom. The number of benzene rings is 1. The van der Waals surface area contributed by atoms with Gasteiger partial charge in [-0.3, -0.25) is 0 Å². The van der Waals surface area contributed by atoms with E-state index in [2.05, 4.69) is 96.8 Å². The minimum Gasteiger partial charge on any atom is -0.106 e. The lowest BCUT2D eigenvalue weighted by atomic mass is 10.1. The number of hydrogen-bond acceptors (Lipinski definition) is 0. The van der Waals surface area contributed by atoms with Crippen molar-refractivity contribution in [3.05, 3.63) is 133 Å². The lowest BCUT2D eigenvalue weighted by Crippen LogP contribution is -1.80. The SMILES string of the molecule is C=C.C=C(C)C1=C/C=C/C=C/C=C\C=C/C(C)=C\1.CC.CCCC.Cc1ccc(C)cc1. The van der Waals surface area contributed by atoms with Crippen LogP contribution < -0.4 is 0 Å². The van der Waals surface area contributed by atoms with Crippen LogP contribution in [-0.4, -0.2) is 0 Å². The second kappa shape index (κ2) is 26.2. The molecule has 0 heteroatoms. The molecule has 0 aromatic heterocycles. The Bertz CT molecular complexity index is 718. The molecule has 1 aromatic carbocycles. The van der Waals surface area contributed by atoms with Gasteiger partial charge in [0.25, 0.3) is 0 Å². The minimum absolute atomic E-state index is 1.08. The Hall–Kier alpha value is -2.86. The summed E-state index contributed by atoms with van der Waals surface area (Å²) in [6, 6.07) is 8.48. The van der Waals surface area contributed by atoms with Gasteiger partial charge in [0.05, 0.1) is 0 Å². The fourth-order valence-corrected chi connectivity index (χ4v) is 1.93. The number of rotatable bonds is 2. The molecule has 0 radical (unpaired) electrons. The highest BCUT2D eigenvalue weighted by Gasteiger charge is 1.92. The first-order valence-electron chi connectivity index (χ1n) is 11.7. The summed E-state index contributed by atoms with van der Waals surface area (Å²) in [7, 11) is 0. The first-order valence-corrected chi connectivity index (χ1v) is 11.7. The third kappa shape index (κ3) is 23.4. The van der Waals surface area contributed by atoms with E-state index in [-0.39, 0.29) is 0 Å². The van der Waals surface area contributed by atoms with Crippen molar-refractivity contribution in [3.63, 3.8) is 0 Å². The molecule has 176 valence electrons. The van der Waals surface area contributed by atoms with E-state index >= 15 is 0 Å². The topological polar surface area (TPSA) is 0 Å². The standard InChI is InChI=1S/C16H18.C8H10.C4H10.C2H6.C2H4/c1-14(2)16-12-10-8-6-4-5-7-9-11-15(3)13-16;1-7-3-5-8(2)6-4-7;1-3-4-2;2*1-2/h4-13H,1H2,2-3H3;3-6H,1-2H3;3-4H2,1-2H3;1-2H3;1-2H2/b5-4?,6-4+,7-5-,8-6?,9-7?,10-8+,11-9-,12-10?,15-11?,15-13-,16-12+,16-13?;;;;. The van der Waals surface area contributed by atoms with E-state index < -0.39 is 0 Å². The second-order valence-corrected chi connectivity index (χ2v) is 6.96. The third-order valence-corrected chi connectivity index (χ3v) is 3.90. The van der Waals surface area contributed by atoms with E-state index in [4.69, 9.17) is 0 Å². The van der Waals surface area contributed by atoms with Gasteiger partial charge in [0.2, 0.25) is 0 Å². The predicted molar refractivity (Wildman–Crippen MR) is 152 cm³/mol. The maximum atomic E-state index is 3.98. The van der Waals surface area contributed by atoms with Crippen LogP contribution >= 0.6 is 0 Å². The van der Waals surface area contributed by atoms with Crippen molar-refractivity contribution in [1.29, 1.82) is 0 Å². The molecule has 0 bridgehead atoms. The maximum Gasteiger partial charge on any atom is -0.0231 e. The van der Waals surface area contributed by atoms with Gasteiger partial charge in [-0.25, -0.2) is 0 Å². The van der Waals surface area contributed by atoms with Crippen LogP contribution in [0, 0.1) is 13.8 Å². The molecule has 0 heterocycles. The molecule has 0 aliphatic heterocycles. The van der Waals surface area contributed by atoms with Gasteiger partial charge in [-0.2, -0.15) is 0 Å². The van der Waals surface area contributed by atoms with Crippen molar-refractivity contribution >= 4 is 0 Å². The van der Waals surface area contributed by atoms with Gasteiger partial charge in [0.15, 0.2) is 0 Å². The number of aryl methyl sites for hydroxylation is 2. The summed E-state index contributed by atoms with van der Waals surface area (Å²) in [5.41, 5.74) is 6.12. The molecule has 1 aliphatic carbocycles. The summed E-state index contributed by atoms with van der Waals surface area (Å²) in [5.74, 6) is 0. The third-order valence-electron chi connectivity index (χ3n) is 3.90. The summed E-state index contributed by atoms with van der Waals surface area (Å²) >= 11 is 0. The first kappa shape index (κ1) is 33.8. The molecule has 0 unspecified atom stereocenters. The molecule has 2 rings (SSSR count). The predicted octanol–water partition coefficient (Wildman–Crippen LogP) is 10.6. The molecular formula is C32H48. The van der Waals surface area contributed by atoms with Crippen LogP contribution in [0.1, 0.15) is 65.5 Å². The molecule has 1 aromatic rings. The maximum absolute atomic E-state index is 3.98. The van der Waals surface area contributed by atoms with Crippen molar-refractivity contribution in [3.8, 4) is 0 Å². The van der Waals surface area contributed by atoms with E-state index in [1.807, 2.05) is 63.3 Å². The normalized spacial score (nSPS) is 18.9. The summed E-state index contributed by atoms with van der Waals surface area (Å²) in [4.78, 5) is 0. The van der Waals surface area contributed by atoms with Crippen LogP contribution in [-0.2, 0) is 0 Å². The molecule has 32 heavy (non-hydrogen) atoms. The molecule has 0 saturated heterocycles. The quantitative estimate of drug-likeness (QED) is 0.408. The molecule has 0 fully saturated rings. The molecule has 1 aliphatic rings. The Morgan fingerprint density at radius 2 is 1.06 bits per heavy atom. The van der Waals surface area contributed by atoms with Gasteiger partial charge >= 0.3 is 0 Å². The lowest BCUT2D eigenvalue weighted by molar-refractivity contribution is 0.886. The summed E-state index contributed by atoms with van der Waals surface area (Å²) in [6.07, 6.45) is 23.1. The van der Waals surface area contributed by atoms with E-state index in [0.717, 1.165) is 11.1 Å². The second-order valence-electron chi connectivity index (χ2n) is 6.96. The van der Waals surface area contributed by atoms with Crippen molar-refractivity contribution in [2.75, 3.05) is 0 Å². The van der Waals surface area contributed by atoms with Gasteiger partial charge < -0.3 is 0 Å². The Morgan fingerprint density at radius 1 is 0.688 bits per heavy atom. The van der Waals surface area contributed by atoms with Crippen LogP contribution in [0.25, 0.3) is 0 Å². The monoisotopic (exact) mass is 432 g/mol. The van der Waals surface area contributed by atoms with Crippen LogP contribution in [0.15, 0.2) is 121 Å². The zero-order valence-corrected chi connectivity index (χ0v) is 22.1. The molecule has 0 amide bonds. The van der Waals surface area contributed by atoms with E-state index in [1.165, 1.54) is 29.5 Å². The average molecular weight is 433 g/mol. The summed E-state index contributed by atoms with van der Waals surface area (Å²) in [5, 5.41) is 0. The van der Waals surface area contributed by atoms with E-state index in [0.29, 0.717) is 0 Å². The zero-order chi connectivity index (χ0) is 25.2. The molecule has 0 nitrogen and oxygen atoms in total. The van der Waals surface area contributed by atoms with Crippen LogP contribution in [0.5, 0.6) is 0 Å². The molecule has 0 spiro atoms. The lowest BCUT2D eigenvalue weighted by Gasteiger charge is -2.00. The van der Waals surface area contributed by atoms with Crippen LogP contribution in [0.3, 0.4) is 0 Å². The van der Waals surface area contributed by atoms with Crippen LogP contribution in [0.2, 0.25) is 0 Å². The molecule has 0 atom stereocenters. The molecular weight excluding hydrogens is 384 g/mol. The molecule has 0 saturated carbocycles. The van der Waals surface area contributed by atoms with Crippen molar-refractivity contribution in [1.82, 2.24) is 0 Å². The van der Waals surface area contributed by atoms with Crippen LogP contribution in [0.4, 0.5) is 0 Å². The number of allylic oxidation sites excluding steroid dienone is 13. The van der Waals surface area contributed by atoms with Crippen molar-refractivity contribution < 1.29 is 0 Å². The average Bonchev–Trinajstić information content (AvgIpc) is 2.81. The Kier molecular flexibility index (Phi) is 27.6.